The van der Waals surface area contributed by atoms with Crippen LogP contribution in [0.4, 0.5) is 0 Å². The van der Waals surface area contributed by atoms with Gasteiger partial charge in [0, 0.05) is 5.39 Å². The first-order valence-corrected chi connectivity index (χ1v) is 7.77. The molecule has 0 bridgehead atoms. The first kappa shape index (κ1) is 15.2. The lowest BCUT2D eigenvalue weighted by Gasteiger charge is -2.09. The van der Waals surface area contributed by atoms with Gasteiger partial charge < -0.3 is 14.8 Å². The quantitative estimate of drug-likeness (QED) is 0.765. The van der Waals surface area contributed by atoms with Crippen LogP contribution in [-0.4, -0.2) is 22.0 Å². The Bertz CT molecular complexity index is 864. The Labute approximate surface area is 135 Å². The molecule has 6 nitrogen and oxygen atoms in total. The fourth-order valence-corrected chi connectivity index (χ4v) is 3.13. The fraction of sp³-hybridized carbons (Fsp3) is 0.188. The zero-order valence-electron chi connectivity index (χ0n) is 12.5. The van der Waals surface area contributed by atoms with E-state index < -0.39 is 12.0 Å². The molecule has 2 heterocycles. The van der Waals surface area contributed by atoms with E-state index in [4.69, 9.17) is 9.52 Å². The van der Waals surface area contributed by atoms with Crippen LogP contribution in [0.25, 0.3) is 11.0 Å². The minimum absolute atomic E-state index is 0.185. The van der Waals surface area contributed by atoms with E-state index in [2.05, 4.69) is 10.3 Å². The predicted molar refractivity (Wildman–Crippen MR) is 85.9 cm³/mol. The van der Waals surface area contributed by atoms with E-state index in [1.54, 1.807) is 26.0 Å². The number of para-hydroxylation sites is 1. The molecular formula is C16H14N2O4S. The molecule has 2 N–H and O–H groups in total. The summed E-state index contributed by atoms with van der Waals surface area (Å²) < 4.78 is 5.51. The number of carboxylic acid groups (broad SMARTS) is 1. The minimum atomic E-state index is -1.01. The lowest BCUT2D eigenvalue weighted by Crippen LogP contribution is -2.26. The van der Waals surface area contributed by atoms with Gasteiger partial charge in [-0.2, -0.15) is 0 Å². The van der Waals surface area contributed by atoms with Crippen LogP contribution in [0.15, 0.2) is 34.7 Å². The number of nitrogens with zero attached hydrogens (tertiary/aromatic N) is 1. The van der Waals surface area contributed by atoms with Crippen LogP contribution in [0.1, 0.15) is 43.9 Å². The van der Waals surface area contributed by atoms with Crippen LogP contribution in [0, 0.1) is 6.92 Å². The second kappa shape index (κ2) is 5.85. The molecule has 1 atom stereocenters. The van der Waals surface area contributed by atoms with E-state index in [0.717, 1.165) is 16.7 Å². The highest BCUT2D eigenvalue weighted by Gasteiger charge is 2.21. The van der Waals surface area contributed by atoms with Gasteiger partial charge in [0.2, 0.25) is 0 Å². The van der Waals surface area contributed by atoms with Crippen LogP contribution in [-0.2, 0) is 0 Å². The van der Waals surface area contributed by atoms with Crippen molar-refractivity contribution in [3.8, 4) is 0 Å². The Morgan fingerprint density at radius 2 is 2.09 bits per heavy atom. The van der Waals surface area contributed by atoms with Crippen molar-refractivity contribution in [1.29, 1.82) is 0 Å². The van der Waals surface area contributed by atoms with Crippen molar-refractivity contribution < 1.29 is 19.1 Å². The van der Waals surface area contributed by atoms with E-state index in [9.17, 15) is 9.59 Å². The molecule has 0 aliphatic rings. The van der Waals surface area contributed by atoms with E-state index in [1.165, 1.54) is 0 Å². The van der Waals surface area contributed by atoms with E-state index in [-0.39, 0.29) is 16.5 Å². The summed E-state index contributed by atoms with van der Waals surface area (Å²) in [5.74, 6) is -1.16. The average Bonchev–Trinajstić information content (AvgIpc) is 3.10. The Hall–Kier alpha value is -2.67. The number of benzene rings is 1. The maximum Gasteiger partial charge on any atom is 0.347 e. The number of aromatic carboxylic acids is 1. The first-order chi connectivity index (χ1) is 11.0. The maximum absolute atomic E-state index is 12.3. The number of amides is 1. The third kappa shape index (κ3) is 2.95. The summed E-state index contributed by atoms with van der Waals surface area (Å²) in [6.45, 7) is 3.39. The molecule has 0 aliphatic carbocycles. The number of furan rings is 1. The lowest BCUT2D eigenvalue weighted by molar-refractivity contribution is 0.0701. The van der Waals surface area contributed by atoms with Crippen molar-refractivity contribution in [3.05, 3.63) is 51.7 Å². The number of aryl methyl sites for hydroxylation is 1. The number of thiazole rings is 1. The molecule has 0 saturated carbocycles. The summed E-state index contributed by atoms with van der Waals surface area (Å²) in [7, 11) is 0. The number of hydrogen-bond donors (Lipinski definition) is 2. The molecule has 0 fully saturated rings. The van der Waals surface area contributed by atoms with Crippen LogP contribution in [0.5, 0.6) is 0 Å². The van der Waals surface area contributed by atoms with Crippen molar-refractivity contribution in [2.75, 3.05) is 0 Å². The average molecular weight is 330 g/mol. The molecule has 23 heavy (non-hydrogen) atoms. The molecule has 1 amide bonds. The number of nitrogens with one attached hydrogen (secondary N) is 1. The third-order valence-electron chi connectivity index (χ3n) is 3.37. The van der Waals surface area contributed by atoms with E-state index in [1.807, 2.05) is 18.2 Å². The normalized spacial score (nSPS) is 12.3. The summed E-state index contributed by atoms with van der Waals surface area (Å²) in [4.78, 5) is 27.7. The highest BCUT2D eigenvalue weighted by molar-refractivity contribution is 7.13. The van der Waals surface area contributed by atoms with Gasteiger partial charge in [-0.3, -0.25) is 4.79 Å². The zero-order valence-corrected chi connectivity index (χ0v) is 13.3. The largest absolute Gasteiger partial charge is 0.477 e. The molecule has 0 aliphatic heterocycles. The van der Waals surface area contributed by atoms with Crippen LogP contribution in [0.2, 0.25) is 0 Å². The van der Waals surface area contributed by atoms with Crippen molar-refractivity contribution in [1.82, 2.24) is 10.3 Å². The molecule has 7 heteroatoms. The Morgan fingerprint density at radius 1 is 1.35 bits per heavy atom. The standard InChI is InChI=1S/C16H14N2O4S/c1-8-13(16(20)21)23-15(18-8)9(2)17-14(19)12-7-10-5-3-4-6-11(10)22-12/h3-7,9H,1-2H3,(H,17,19)(H,20,21)/t9-/m0/s1. The predicted octanol–water partition coefficient (Wildman–Crippen LogP) is 3.39. The van der Waals surface area contributed by atoms with Gasteiger partial charge >= 0.3 is 5.97 Å². The second-order valence-electron chi connectivity index (χ2n) is 5.12. The van der Waals surface area contributed by atoms with Crippen LogP contribution in [0.3, 0.4) is 0 Å². The van der Waals surface area contributed by atoms with Gasteiger partial charge in [-0.1, -0.05) is 18.2 Å². The third-order valence-corrected chi connectivity index (χ3v) is 4.70. The Balaban J connectivity index is 1.79. The summed E-state index contributed by atoms with van der Waals surface area (Å²) in [5.41, 5.74) is 1.09. The zero-order chi connectivity index (χ0) is 16.6. The molecule has 3 aromatic rings. The summed E-state index contributed by atoms with van der Waals surface area (Å²) in [5, 5.41) is 13.2. The van der Waals surface area contributed by atoms with Gasteiger partial charge in [-0.25, -0.2) is 9.78 Å². The van der Waals surface area contributed by atoms with Gasteiger partial charge in [0.1, 0.15) is 15.5 Å². The molecular weight excluding hydrogens is 316 g/mol. The molecule has 1 aromatic carbocycles. The smallest absolute Gasteiger partial charge is 0.347 e. The van der Waals surface area contributed by atoms with Gasteiger partial charge in [0.05, 0.1) is 11.7 Å². The molecule has 0 saturated heterocycles. The van der Waals surface area contributed by atoms with E-state index in [0.29, 0.717) is 16.3 Å². The van der Waals surface area contributed by atoms with E-state index >= 15 is 0 Å². The van der Waals surface area contributed by atoms with Gasteiger partial charge in [0.25, 0.3) is 5.91 Å². The first-order valence-electron chi connectivity index (χ1n) is 6.95. The fourth-order valence-electron chi connectivity index (χ4n) is 2.22. The molecule has 3 rings (SSSR count). The number of hydrogen-bond acceptors (Lipinski definition) is 5. The lowest BCUT2D eigenvalue weighted by atomic mass is 10.2. The SMILES string of the molecule is Cc1nc([C@H](C)NC(=O)c2cc3ccccc3o2)sc1C(=O)O. The molecule has 0 unspecified atom stereocenters. The summed E-state index contributed by atoms with van der Waals surface area (Å²) in [6.07, 6.45) is 0. The highest BCUT2D eigenvalue weighted by Crippen LogP contribution is 2.24. The number of carboxylic acids is 1. The summed E-state index contributed by atoms with van der Waals surface area (Å²) in [6, 6.07) is 8.62. The number of carbonyl (C=O) groups is 2. The second-order valence-corrected chi connectivity index (χ2v) is 6.15. The number of aromatic nitrogens is 1. The van der Waals surface area contributed by atoms with Crippen molar-refractivity contribution in [3.63, 3.8) is 0 Å². The topological polar surface area (TPSA) is 92.4 Å². The molecule has 0 radical (unpaired) electrons. The number of carbonyl (C=O) groups excluding carboxylic acids is 1. The van der Waals surface area contributed by atoms with Gasteiger partial charge in [0.15, 0.2) is 5.76 Å². The minimum Gasteiger partial charge on any atom is -0.477 e. The molecule has 118 valence electrons. The van der Waals surface area contributed by atoms with Gasteiger partial charge in [-0.15, -0.1) is 11.3 Å². The van der Waals surface area contributed by atoms with Crippen molar-refractivity contribution in [2.45, 2.75) is 19.9 Å². The Kier molecular flexibility index (Phi) is 3.87. The highest BCUT2D eigenvalue weighted by atomic mass is 32.1. The van der Waals surface area contributed by atoms with Crippen molar-refractivity contribution >= 4 is 34.2 Å². The summed E-state index contributed by atoms with van der Waals surface area (Å²) >= 11 is 1.06. The van der Waals surface area contributed by atoms with Crippen LogP contribution < -0.4 is 5.32 Å². The number of fused-ring (bicyclic) bond motifs is 1. The number of rotatable bonds is 4. The molecule has 2 aromatic heterocycles. The molecule has 0 spiro atoms. The maximum atomic E-state index is 12.3. The van der Waals surface area contributed by atoms with Crippen molar-refractivity contribution in [2.24, 2.45) is 0 Å². The monoisotopic (exact) mass is 330 g/mol. The van der Waals surface area contributed by atoms with Crippen LogP contribution >= 0.6 is 11.3 Å². The van der Waals surface area contributed by atoms with Gasteiger partial charge in [-0.05, 0) is 26.0 Å². The Morgan fingerprint density at radius 3 is 2.74 bits per heavy atom.